The van der Waals surface area contributed by atoms with Crippen molar-refractivity contribution in [3.05, 3.63) is 54.1 Å². The van der Waals surface area contributed by atoms with Gasteiger partial charge in [-0.15, -0.1) is 0 Å². The fourth-order valence-electron chi connectivity index (χ4n) is 2.79. The summed E-state index contributed by atoms with van der Waals surface area (Å²) in [5, 5.41) is 8.00. The van der Waals surface area contributed by atoms with E-state index in [1.165, 1.54) is 38.1 Å². The van der Waals surface area contributed by atoms with Crippen LogP contribution in [0.15, 0.2) is 53.4 Å². The Morgan fingerprint density at radius 3 is 1.91 bits per heavy atom. The highest BCUT2D eigenvalue weighted by Crippen LogP contribution is 2.15. The molecule has 0 bridgehead atoms. The van der Waals surface area contributed by atoms with Crippen molar-refractivity contribution in [3.63, 3.8) is 0 Å². The molecule has 9 nitrogen and oxygen atoms in total. The number of rotatable bonds is 9. The van der Waals surface area contributed by atoms with Crippen molar-refractivity contribution in [3.8, 4) is 0 Å². The smallest absolute Gasteiger partial charge is 0.242 e. The SMILES string of the molecule is CC(=O)Nc1ccc(S(=O)(=O)N[C@@H](C)C(=O)Nc2ccc(CC(=O)NC(C)C)cc2)cc1. The van der Waals surface area contributed by atoms with Crippen LogP contribution in [0.2, 0.25) is 0 Å². The second-order valence-corrected chi connectivity index (χ2v) is 9.35. The molecule has 0 saturated carbocycles. The van der Waals surface area contributed by atoms with Gasteiger partial charge >= 0.3 is 0 Å². The predicted molar refractivity (Wildman–Crippen MR) is 123 cm³/mol. The molecule has 2 rings (SSSR count). The Hall–Kier alpha value is -3.24. The molecule has 2 aromatic carbocycles. The summed E-state index contributed by atoms with van der Waals surface area (Å²) in [6, 6.07) is 11.4. The lowest BCUT2D eigenvalue weighted by atomic mass is 10.1. The Morgan fingerprint density at radius 1 is 0.844 bits per heavy atom. The number of hydrogen-bond acceptors (Lipinski definition) is 5. The van der Waals surface area contributed by atoms with Crippen LogP contribution in [0.3, 0.4) is 0 Å². The quantitative estimate of drug-likeness (QED) is 0.454. The van der Waals surface area contributed by atoms with Crippen molar-refractivity contribution in [2.45, 2.75) is 51.1 Å². The summed E-state index contributed by atoms with van der Waals surface area (Å²) in [6.07, 6.45) is 0.226. The summed E-state index contributed by atoms with van der Waals surface area (Å²) in [4.78, 5) is 35.3. The Bertz CT molecular complexity index is 1060. The molecular formula is C22H28N4O5S. The summed E-state index contributed by atoms with van der Waals surface area (Å²) < 4.78 is 27.4. The number of carbonyl (C=O) groups excluding carboxylic acids is 3. The molecule has 3 amide bonds. The van der Waals surface area contributed by atoms with Gasteiger partial charge in [-0.3, -0.25) is 14.4 Å². The Labute approximate surface area is 188 Å². The Kier molecular flexibility index (Phi) is 8.50. The number of anilines is 2. The minimum atomic E-state index is -3.94. The maximum absolute atomic E-state index is 12.5. The van der Waals surface area contributed by atoms with E-state index >= 15 is 0 Å². The molecule has 1 atom stereocenters. The van der Waals surface area contributed by atoms with Gasteiger partial charge in [0.1, 0.15) is 0 Å². The van der Waals surface area contributed by atoms with Gasteiger partial charge in [0, 0.05) is 24.3 Å². The van der Waals surface area contributed by atoms with Crippen LogP contribution in [-0.4, -0.2) is 38.2 Å². The molecule has 4 N–H and O–H groups in total. The third kappa shape index (κ3) is 7.78. The van der Waals surface area contributed by atoms with E-state index in [0.717, 1.165) is 5.56 Å². The highest BCUT2D eigenvalue weighted by molar-refractivity contribution is 7.89. The maximum atomic E-state index is 12.5. The zero-order chi connectivity index (χ0) is 23.9. The molecule has 172 valence electrons. The zero-order valence-electron chi connectivity index (χ0n) is 18.4. The van der Waals surface area contributed by atoms with Crippen molar-refractivity contribution in [1.82, 2.24) is 10.0 Å². The molecule has 0 unspecified atom stereocenters. The predicted octanol–water partition coefficient (Wildman–Crippen LogP) is 2.02. The molecule has 0 aromatic heterocycles. The van der Waals surface area contributed by atoms with Crippen molar-refractivity contribution < 1.29 is 22.8 Å². The molecule has 0 aliphatic heterocycles. The molecule has 0 fully saturated rings. The van der Waals surface area contributed by atoms with E-state index in [-0.39, 0.29) is 29.2 Å². The van der Waals surface area contributed by atoms with Gasteiger partial charge < -0.3 is 16.0 Å². The van der Waals surface area contributed by atoms with Crippen LogP contribution in [-0.2, 0) is 30.8 Å². The fourth-order valence-corrected chi connectivity index (χ4v) is 3.99. The van der Waals surface area contributed by atoms with Gasteiger partial charge in [-0.1, -0.05) is 12.1 Å². The first-order valence-electron chi connectivity index (χ1n) is 10.1. The minimum Gasteiger partial charge on any atom is -0.354 e. The van der Waals surface area contributed by atoms with Crippen LogP contribution < -0.4 is 20.7 Å². The number of nitrogens with one attached hydrogen (secondary N) is 4. The average molecular weight is 461 g/mol. The lowest BCUT2D eigenvalue weighted by Crippen LogP contribution is -2.41. The van der Waals surface area contributed by atoms with E-state index in [9.17, 15) is 22.8 Å². The second kappa shape index (κ2) is 10.9. The van der Waals surface area contributed by atoms with Crippen LogP contribution in [0, 0.1) is 0 Å². The zero-order valence-corrected chi connectivity index (χ0v) is 19.2. The van der Waals surface area contributed by atoms with Gasteiger partial charge in [0.2, 0.25) is 27.7 Å². The summed E-state index contributed by atoms with van der Waals surface area (Å²) in [6.45, 7) is 6.55. The Morgan fingerprint density at radius 2 is 1.38 bits per heavy atom. The largest absolute Gasteiger partial charge is 0.354 e. The highest BCUT2D eigenvalue weighted by atomic mass is 32.2. The van der Waals surface area contributed by atoms with Crippen molar-refractivity contribution in [2.24, 2.45) is 0 Å². The first kappa shape index (κ1) is 25.0. The third-order valence-electron chi connectivity index (χ3n) is 4.25. The van der Waals surface area contributed by atoms with Gasteiger partial charge in [-0.05, 0) is 62.7 Å². The van der Waals surface area contributed by atoms with Gasteiger partial charge in [-0.2, -0.15) is 4.72 Å². The molecule has 0 aliphatic rings. The monoisotopic (exact) mass is 460 g/mol. The fraction of sp³-hybridized carbons (Fsp3) is 0.318. The molecule has 0 spiro atoms. The summed E-state index contributed by atoms with van der Waals surface area (Å²) in [5.74, 6) is -0.894. The van der Waals surface area contributed by atoms with Crippen LogP contribution >= 0.6 is 0 Å². The number of hydrogen-bond donors (Lipinski definition) is 4. The standard InChI is InChI=1S/C22H28N4O5S/c1-14(2)23-21(28)13-17-5-7-19(8-6-17)25-22(29)15(3)26-32(30,31)20-11-9-18(10-12-20)24-16(4)27/h5-12,14-15,26H,13H2,1-4H3,(H,23,28)(H,24,27)(H,25,29)/t15-/m0/s1. The van der Waals surface area contributed by atoms with E-state index < -0.39 is 22.0 Å². The van der Waals surface area contributed by atoms with Gasteiger partial charge in [0.25, 0.3) is 0 Å². The van der Waals surface area contributed by atoms with Crippen LogP contribution in [0.5, 0.6) is 0 Å². The number of sulfonamides is 1. The number of carbonyl (C=O) groups is 3. The van der Waals surface area contributed by atoms with E-state index in [4.69, 9.17) is 0 Å². The molecule has 32 heavy (non-hydrogen) atoms. The summed E-state index contributed by atoms with van der Waals surface area (Å²) >= 11 is 0. The van der Waals surface area contributed by atoms with E-state index in [1.807, 2.05) is 13.8 Å². The normalized spacial score (nSPS) is 12.2. The van der Waals surface area contributed by atoms with E-state index in [0.29, 0.717) is 11.4 Å². The first-order chi connectivity index (χ1) is 15.0. The number of amides is 3. The maximum Gasteiger partial charge on any atom is 0.242 e. The molecule has 0 heterocycles. The van der Waals surface area contributed by atoms with Crippen molar-refractivity contribution in [2.75, 3.05) is 10.6 Å². The topological polar surface area (TPSA) is 133 Å². The van der Waals surface area contributed by atoms with E-state index in [2.05, 4.69) is 20.7 Å². The second-order valence-electron chi connectivity index (χ2n) is 7.63. The first-order valence-corrected chi connectivity index (χ1v) is 11.5. The van der Waals surface area contributed by atoms with Crippen LogP contribution in [0.1, 0.15) is 33.3 Å². The molecule has 2 aromatic rings. The molecular weight excluding hydrogens is 432 g/mol. The average Bonchev–Trinajstić information content (AvgIpc) is 2.68. The molecule has 0 saturated heterocycles. The highest BCUT2D eigenvalue weighted by Gasteiger charge is 2.22. The molecule has 10 heteroatoms. The molecule has 0 aliphatic carbocycles. The van der Waals surface area contributed by atoms with Crippen LogP contribution in [0.4, 0.5) is 11.4 Å². The van der Waals surface area contributed by atoms with Crippen molar-refractivity contribution >= 4 is 39.1 Å². The van der Waals surface area contributed by atoms with Crippen LogP contribution in [0.25, 0.3) is 0 Å². The summed E-state index contributed by atoms with van der Waals surface area (Å²) in [7, 11) is -3.94. The lowest BCUT2D eigenvalue weighted by Gasteiger charge is -2.15. The van der Waals surface area contributed by atoms with Gasteiger partial charge in [-0.25, -0.2) is 8.42 Å². The molecule has 0 radical (unpaired) electrons. The minimum absolute atomic E-state index is 0.0321. The van der Waals surface area contributed by atoms with Crippen molar-refractivity contribution in [1.29, 1.82) is 0 Å². The summed E-state index contributed by atoms with van der Waals surface area (Å²) in [5.41, 5.74) is 1.73. The van der Waals surface area contributed by atoms with Gasteiger partial charge in [0.15, 0.2) is 0 Å². The van der Waals surface area contributed by atoms with Gasteiger partial charge in [0.05, 0.1) is 17.4 Å². The number of benzene rings is 2. The van der Waals surface area contributed by atoms with E-state index in [1.54, 1.807) is 24.3 Å². The Balaban J connectivity index is 1.95. The third-order valence-corrected chi connectivity index (χ3v) is 5.80. The lowest BCUT2D eigenvalue weighted by molar-refractivity contribution is -0.121.